The summed E-state index contributed by atoms with van der Waals surface area (Å²) in [6.45, 7) is 1.75. The van der Waals surface area contributed by atoms with Crippen LogP contribution in [0.15, 0.2) is 30.5 Å². The predicted octanol–water partition coefficient (Wildman–Crippen LogP) is 2.65. The van der Waals surface area contributed by atoms with Crippen LogP contribution in [0.5, 0.6) is 0 Å². The van der Waals surface area contributed by atoms with Gasteiger partial charge in [-0.05, 0) is 49.9 Å². The maximum Gasteiger partial charge on any atom is 0.177 e. The molecule has 3 aromatic rings. The lowest BCUT2D eigenvalue weighted by Gasteiger charge is -2.32. The maximum absolute atomic E-state index is 9.28. The lowest BCUT2D eigenvalue weighted by atomic mass is 9.95. The summed E-state index contributed by atoms with van der Waals surface area (Å²) in [5.74, 6) is 1.92. The van der Waals surface area contributed by atoms with Crippen molar-refractivity contribution in [2.45, 2.75) is 37.5 Å². The third-order valence-corrected chi connectivity index (χ3v) is 5.40. The van der Waals surface area contributed by atoms with Crippen LogP contribution in [-0.4, -0.2) is 37.9 Å². The summed E-state index contributed by atoms with van der Waals surface area (Å²) < 4.78 is 1.94. The second-order valence-corrected chi connectivity index (χ2v) is 7.10. The van der Waals surface area contributed by atoms with Crippen LogP contribution in [0.3, 0.4) is 0 Å². The summed E-state index contributed by atoms with van der Waals surface area (Å²) in [5, 5.41) is 22.8. The Bertz CT molecular complexity index is 991. The number of hydrogen-bond acceptors (Lipinski definition) is 6. The molecule has 7 heteroatoms. The summed E-state index contributed by atoms with van der Waals surface area (Å²) in [6, 6.07) is 10.2. The second-order valence-electron chi connectivity index (χ2n) is 7.10. The second kappa shape index (κ2) is 6.06. The summed E-state index contributed by atoms with van der Waals surface area (Å²) in [4.78, 5) is 6.42. The maximum atomic E-state index is 9.28. The van der Waals surface area contributed by atoms with Crippen LogP contribution in [0.1, 0.15) is 54.7 Å². The minimum Gasteiger partial charge on any atom is -0.369 e. The average molecular weight is 345 g/mol. The van der Waals surface area contributed by atoms with Gasteiger partial charge >= 0.3 is 0 Å². The van der Waals surface area contributed by atoms with E-state index >= 15 is 0 Å². The molecule has 0 amide bonds. The zero-order valence-electron chi connectivity index (χ0n) is 14.4. The van der Waals surface area contributed by atoms with Crippen molar-refractivity contribution in [3.8, 4) is 6.07 Å². The standard InChI is InChI=1S/C19H19N7/c20-12-16-17(2-1-9-21-16)25-10-7-14(8-11-25)19-23-22-18-6-5-15(13-3-4-13)24-26(18)19/h1-2,5-6,9,13-14H,3-4,7-8,10-11H2. The summed E-state index contributed by atoms with van der Waals surface area (Å²) in [5.41, 5.74) is 3.40. The van der Waals surface area contributed by atoms with Gasteiger partial charge in [0.2, 0.25) is 0 Å². The van der Waals surface area contributed by atoms with Crippen LogP contribution < -0.4 is 4.90 Å². The Balaban J connectivity index is 1.38. The third kappa shape index (κ3) is 2.58. The van der Waals surface area contributed by atoms with Gasteiger partial charge in [-0.1, -0.05) is 0 Å². The number of pyridine rings is 1. The van der Waals surface area contributed by atoms with Crippen LogP contribution in [-0.2, 0) is 0 Å². The van der Waals surface area contributed by atoms with E-state index in [1.807, 2.05) is 22.7 Å². The number of aromatic nitrogens is 5. The van der Waals surface area contributed by atoms with Crippen molar-refractivity contribution in [1.82, 2.24) is 24.8 Å². The lowest BCUT2D eigenvalue weighted by Crippen LogP contribution is -2.34. The Labute approximate surface area is 151 Å². The van der Waals surface area contributed by atoms with Crippen molar-refractivity contribution in [2.24, 2.45) is 0 Å². The Morgan fingerprint density at radius 2 is 1.85 bits per heavy atom. The van der Waals surface area contributed by atoms with E-state index < -0.39 is 0 Å². The van der Waals surface area contributed by atoms with Gasteiger partial charge in [-0.3, -0.25) is 0 Å². The third-order valence-electron chi connectivity index (χ3n) is 5.40. The molecule has 7 nitrogen and oxygen atoms in total. The molecule has 0 N–H and O–H groups in total. The molecule has 3 aromatic heterocycles. The van der Waals surface area contributed by atoms with Gasteiger partial charge < -0.3 is 4.90 Å². The van der Waals surface area contributed by atoms with E-state index in [9.17, 15) is 5.26 Å². The first-order valence-corrected chi connectivity index (χ1v) is 9.16. The highest BCUT2D eigenvalue weighted by Crippen LogP contribution is 2.39. The molecular weight excluding hydrogens is 326 g/mol. The van der Waals surface area contributed by atoms with Gasteiger partial charge in [0.05, 0.1) is 11.4 Å². The quantitative estimate of drug-likeness (QED) is 0.726. The van der Waals surface area contributed by atoms with Gasteiger partial charge in [0.25, 0.3) is 0 Å². The Morgan fingerprint density at radius 1 is 1.00 bits per heavy atom. The average Bonchev–Trinajstić information content (AvgIpc) is 3.47. The normalized spacial score (nSPS) is 18.2. The molecule has 0 aromatic carbocycles. The number of fused-ring (bicyclic) bond motifs is 1. The minimum atomic E-state index is 0.338. The molecule has 130 valence electrons. The van der Waals surface area contributed by atoms with Gasteiger partial charge in [0, 0.05) is 31.1 Å². The molecule has 0 unspecified atom stereocenters. The largest absolute Gasteiger partial charge is 0.369 e. The van der Waals surface area contributed by atoms with E-state index in [0.29, 0.717) is 17.5 Å². The molecule has 0 atom stereocenters. The highest BCUT2D eigenvalue weighted by Gasteiger charge is 2.28. The zero-order valence-corrected chi connectivity index (χ0v) is 14.4. The lowest BCUT2D eigenvalue weighted by molar-refractivity contribution is 0.476. The highest BCUT2D eigenvalue weighted by atomic mass is 15.4. The molecule has 2 fully saturated rings. The van der Waals surface area contributed by atoms with Crippen molar-refractivity contribution in [3.05, 3.63) is 47.7 Å². The summed E-state index contributed by atoms with van der Waals surface area (Å²) >= 11 is 0. The smallest absolute Gasteiger partial charge is 0.177 e. The van der Waals surface area contributed by atoms with Crippen LogP contribution in [0.25, 0.3) is 5.65 Å². The molecule has 1 aliphatic carbocycles. The van der Waals surface area contributed by atoms with Crippen molar-refractivity contribution >= 4 is 11.3 Å². The van der Waals surface area contributed by atoms with E-state index in [1.54, 1.807) is 6.20 Å². The molecule has 1 saturated carbocycles. The Morgan fingerprint density at radius 3 is 2.62 bits per heavy atom. The zero-order chi connectivity index (χ0) is 17.5. The van der Waals surface area contributed by atoms with E-state index in [4.69, 9.17) is 5.10 Å². The first-order valence-electron chi connectivity index (χ1n) is 9.16. The van der Waals surface area contributed by atoms with E-state index in [0.717, 1.165) is 48.8 Å². The monoisotopic (exact) mass is 345 g/mol. The van der Waals surface area contributed by atoms with Crippen molar-refractivity contribution in [3.63, 3.8) is 0 Å². The van der Waals surface area contributed by atoms with Crippen LogP contribution in [0.4, 0.5) is 5.69 Å². The number of anilines is 1. The topological polar surface area (TPSA) is 83.0 Å². The van der Waals surface area contributed by atoms with E-state index in [-0.39, 0.29) is 0 Å². The fraction of sp³-hybridized carbons (Fsp3) is 0.421. The molecule has 4 heterocycles. The first kappa shape index (κ1) is 15.3. The van der Waals surface area contributed by atoms with Crippen LogP contribution in [0.2, 0.25) is 0 Å². The van der Waals surface area contributed by atoms with Crippen LogP contribution >= 0.6 is 0 Å². The van der Waals surface area contributed by atoms with Crippen molar-refractivity contribution in [2.75, 3.05) is 18.0 Å². The fourth-order valence-corrected chi connectivity index (χ4v) is 3.79. The molecular formula is C19H19N7. The van der Waals surface area contributed by atoms with Gasteiger partial charge in [0.15, 0.2) is 17.2 Å². The van der Waals surface area contributed by atoms with Gasteiger partial charge in [-0.25, -0.2) is 4.98 Å². The molecule has 0 spiro atoms. The molecule has 0 bridgehead atoms. The number of nitrogens with zero attached hydrogens (tertiary/aromatic N) is 7. The van der Waals surface area contributed by atoms with Crippen LogP contribution in [0, 0.1) is 11.3 Å². The number of piperidine rings is 1. The molecule has 1 saturated heterocycles. The summed E-state index contributed by atoms with van der Waals surface area (Å²) in [7, 11) is 0. The Kier molecular flexibility index (Phi) is 3.56. The highest BCUT2D eigenvalue weighted by molar-refractivity contribution is 5.56. The van der Waals surface area contributed by atoms with Gasteiger partial charge in [0.1, 0.15) is 6.07 Å². The van der Waals surface area contributed by atoms with Crippen molar-refractivity contribution in [1.29, 1.82) is 5.26 Å². The van der Waals surface area contributed by atoms with Gasteiger partial charge in [-0.15, -0.1) is 10.2 Å². The molecule has 26 heavy (non-hydrogen) atoms. The number of nitriles is 1. The molecule has 5 rings (SSSR count). The molecule has 2 aliphatic rings. The molecule has 1 aliphatic heterocycles. The van der Waals surface area contributed by atoms with E-state index in [1.165, 1.54) is 12.8 Å². The number of rotatable bonds is 3. The first-order chi connectivity index (χ1) is 12.8. The summed E-state index contributed by atoms with van der Waals surface area (Å²) in [6.07, 6.45) is 6.08. The fourth-order valence-electron chi connectivity index (χ4n) is 3.79. The predicted molar refractivity (Wildman–Crippen MR) is 95.9 cm³/mol. The minimum absolute atomic E-state index is 0.338. The number of hydrogen-bond donors (Lipinski definition) is 0. The molecule has 0 radical (unpaired) electrons. The van der Waals surface area contributed by atoms with E-state index in [2.05, 4.69) is 32.2 Å². The SMILES string of the molecule is N#Cc1ncccc1N1CCC(c2nnc3ccc(C4CC4)nn23)CC1. The Hall–Kier alpha value is -3.01. The van der Waals surface area contributed by atoms with Gasteiger partial charge in [-0.2, -0.15) is 14.9 Å². The van der Waals surface area contributed by atoms with Crippen molar-refractivity contribution < 1.29 is 0 Å².